The van der Waals surface area contributed by atoms with Gasteiger partial charge in [-0.05, 0) is 38.0 Å². The number of ketones is 1. The lowest BCUT2D eigenvalue weighted by Crippen LogP contribution is -2.13. The maximum atomic E-state index is 12.1. The molecule has 0 aliphatic heterocycles. The van der Waals surface area contributed by atoms with Gasteiger partial charge in [0.15, 0.2) is 0 Å². The molecule has 0 radical (unpaired) electrons. The van der Waals surface area contributed by atoms with Crippen molar-refractivity contribution in [1.29, 1.82) is 0 Å². The fraction of sp³-hybridized carbons (Fsp3) is 0.727. The first-order valence-electron chi connectivity index (χ1n) is 10.3. The number of hydrogen-bond acceptors (Lipinski definition) is 3. The Hall–Kier alpha value is -1.42. The fourth-order valence-corrected chi connectivity index (χ4v) is 3.53. The number of unbranched alkanes of at least 4 members (excludes halogenated alkanes) is 5. The van der Waals surface area contributed by atoms with E-state index in [-0.39, 0.29) is 18.3 Å². The predicted molar refractivity (Wildman–Crippen MR) is 105 cm³/mol. The minimum atomic E-state index is -0.765. The molecular formula is C22H36O4. The van der Waals surface area contributed by atoms with E-state index in [1.54, 1.807) is 0 Å². The number of rotatable bonds is 14. The summed E-state index contributed by atoms with van der Waals surface area (Å²) in [5.74, 6) is -0.220. The van der Waals surface area contributed by atoms with Crippen LogP contribution < -0.4 is 0 Å². The van der Waals surface area contributed by atoms with E-state index in [2.05, 4.69) is 6.92 Å². The smallest absolute Gasteiger partial charge is 0.303 e. The number of hydrogen-bond donors (Lipinski definition) is 2. The molecule has 0 spiro atoms. The van der Waals surface area contributed by atoms with Gasteiger partial charge < -0.3 is 10.2 Å². The molecule has 1 saturated carbocycles. The third-order valence-electron chi connectivity index (χ3n) is 5.16. The van der Waals surface area contributed by atoms with Gasteiger partial charge in [0.25, 0.3) is 0 Å². The van der Waals surface area contributed by atoms with Gasteiger partial charge in [-0.2, -0.15) is 0 Å². The number of aliphatic hydroxyl groups is 1. The van der Waals surface area contributed by atoms with E-state index in [0.29, 0.717) is 25.0 Å². The molecule has 3 atom stereocenters. The van der Waals surface area contributed by atoms with Gasteiger partial charge >= 0.3 is 5.97 Å². The lowest BCUT2D eigenvalue weighted by molar-refractivity contribution is -0.137. The second-order valence-corrected chi connectivity index (χ2v) is 7.42. The summed E-state index contributed by atoms with van der Waals surface area (Å²) in [7, 11) is 0. The monoisotopic (exact) mass is 364 g/mol. The van der Waals surface area contributed by atoms with E-state index >= 15 is 0 Å². The molecule has 148 valence electrons. The van der Waals surface area contributed by atoms with Crippen molar-refractivity contribution >= 4 is 11.8 Å². The van der Waals surface area contributed by atoms with Crippen LogP contribution in [0.4, 0.5) is 0 Å². The van der Waals surface area contributed by atoms with Crippen LogP contribution >= 0.6 is 0 Å². The first kappa shape index (κ1) is 22.6. The topological polar surface area (TPSA) is 74.6 Å². The number of carboxylic acid groups (broad SMARTS) is 1. The molecule has 1 aliphatic carbocycles. The Morgan fingerprint density at radius 1 is 1.19 bits per heavy atom. The predicted octanol–water partition coefficient (Wildman–Crippen LogP) is 5.06. The average molecular weight is 365 g/mol. The van der Waals surface area contributed by atoms with Crippen molar-refractivity contribution in [3.8, 4) is 0 Å². The summed E-state index contributed by atoms with van der Waals surface area (Å²) in [5, 5.41) is 18.7. The fourth-order valence-electron chi connectivity index (χ4n) is 3.53. The van der Waals surface area contributed by atoms with Crippen LogP contribution in [0.25, 0.3) is 0 Å². The van der Waals surface area contributed by atoms with E-state index in [1.807, 2.05) is 24.3 Å². The summed E-state index contributed by atoms with van der Waals surface area (Å²) in [5.41, 5.74) is 0. The van der Waals surface area contributed by atoms with Crippen molar-refractivity contribution in [2.45, 2.75) is 90.1 Å². The summed E-state index contributed by atoms with van der Waals surface area (Å²) >= 11 is 0. The molecule has 4 nitrogen and oxygen atoms in total. The highest BCUT2D eigenvalue weighted by Crippen LogP contribution is 2.33. The molecule has 1 aliphatic rings. The number of allylic oxidation sites excluding steroid dienone is 3. The number of carboxylic acids is 1. The van der Waals surface area contributed by atoms with Gasteiger partial charge in [-0.1, -0.05) is 63.3 Å². The van der Waals surface area contributed by atoms with Crippen molar-refractivity contribution in [2.24, 2.45) is 11.8 Å². The average Bonchev–Trinajstić information content (AvgIpc) is 2.95. The van der Waals surface area contributed by atoms with Crippen LogP contribution in [0.15, 0.2) is 24.3 Å². The van der Waals surface area contributed by atoms with Gasteiger partial charge in [0, 0.05) is 18.8 Å². The number of Topliss-reactive ketones (excluding diaryl/α,β-unsaturated/α-hetero) is 1. The van der Waals surface area contributed by atoms with Crippen molar-refractivity contribution in [1.82, 2.24) is 0 Å². The van der Waals surface area contributed by atoms with Gasteiger partial charge in [0.1, 0.15) is 5.78 Å². The molecule has 1 rings (SSSR count). The molecule has 0 aromatic carbocycles. The molecule has 0 bridgehead atoms. The minimum Gasteiger partial charge on any atom is -0.481 e. The Labute approximate surface area is 158 Å². The van der Waals surface area contributed by atoms with Crippen molar-refractivity contribution in [2.75, 3.05) is 0 Å². The summed E-state index contributed by atoms with van der Waals surface area (Å²) in [6, 6.07) is 0. The minimum absolute atomic E-state index is 0.0127. The molecule has 0 aromatic rings. The lowest BCUT2D eigenvalue weighted by atomic mass is 9.91. The standard InChI is InChI=1S/C22H36O4/c1-2-3-4-5-8-11-19(23)16-14-18-15-17-21(24)20(18)12-9-6-7-10-13-22(25)26/h6,9,14,16,18-20,23H,2-5,7-8,10-13,15,17H2,1H3,(H,25,26). The van der Waals surface area contributed by atoms with Crippen LogP contribution in [0.3, 0.4) is 0 Å². The first-order chi connectivity index (χ1) is 12.5. The normalized spacial score (nSPS) is 21.8. The van der Waals surface area contributed by atoms with Gasteiger partial charge in [-0.25, -0.2) is 0 Å². The third-order valence-corrected chi connectivity index (χ3v) is 5.16. The van der Waals surface area contributed by atoms with E-state index in [9.17, 15) is 14.7 Å². The first-order valence-corrected chi connectivity index (χ1v) is 10.3. The van der Waals surface area contributed by atoms with Gasteiger partial charge in [-0.3, -0.25) is 9.59 Å². The van der Waals surface area contributed by atoms with E-state index in [1.165, 1.54) is 25.7 Å². The van der Waals surface area contributed by atoms with E-state index < -0.39 is 12.1 Å². The Morgan fingerprint density at radius 2 is 1.96 bits per heavy atom. The van der Waals surface area contributed by atoms with E-state index in [0.717, 1.165) is 25.7 Å². The van der Waals surface area contributed by atoms with Crippen molar-refractivity contribution in [3.05, 3.63) is 24.3 Å². The van der Waals surface area contributed by atoms with Crippen LogP contribution in [-0.4, -0.2) is 28.1 Å². The molecule has 0 heterocycles. The van der Waals surface area contributed by atoms with Crippen LogP contribution in [-0.2, 0) is 9.59 Å². The van der Waals surface area contributed by atoms with Crippen molar-refractivity contribution in [3.63, 3.8) is 0 Å². The summed E-state index contributed by atoms with van der Waals surface area (Å²) in [6.45, 7) is 2.20. The van der Waals surface area contributed by atoms with Crippen LogP contribution in [0.2, 0.25) is 0 Å². The Bertz CT molecular complexity index is 467. The number of aliphatic hydroxyl groups excluding tert-OH is 1. The number of carbonyl (C=O) groups excluding carboxylic acids is 1. The van der Waals surface area contributed by atoms with Crippen LogP contribution in [0, 0.1) is 11.8 Å². The molecule has 26 heavy (non-hydrogen) atoms. The highest BCUT2D eigenvalue weighted by Gasteiger charge is 2.31. The molecule has 0 saturated heterocycles. The van der Waals surface area contributed by atoms with Gasteiger partial charge in [0.05, 0.1) is 6.10 Å². The van der Waals surface area contributed by atoms with Crippen LogP contribution in [0.5, 0.6) is 0 Å². The Morgan fingerprint density at radius 3 is 2.69 bits per heavy atom. The maximum absolute atomic E-state index is 12.1. The summed E-state index contributed by atoms with van der Waals surface area (Å²) in [6.07, 6.45) is 18.1. The molecule has 3 unspecified atom stereocenters. The number of aliphatic carboxylic acids is 1. The zero-order chi connectivity index (χ0) is 19.2. The largest absolute Gasteiger partial charge is 0.481 e. The summed E-state index contributed by atoms with van der Waals surface area (Å²) in [4.78, 5) is 22.6. The second-order valence-electron chi connectivity index (χ2n) is 7.42. The summed E-state index contributed by atoms with van der Waals surface area (Å²) < 4.78 is 0. The molecule has 0 aromatic heterocycles. The molecule has 0 amide bonds. The van der Waals surface area contributed by atoms with Crippen molar-refractivity contribution < 1.29 is 19.8 Å². The third kappa shape index (κ3) is 9.91. The van der Waals surface area contributed by atoms with E-state index in [4.69, 9.17) is 5.11 Å². The zero-order valence-corrected chi connectivity index (χ0v) is 16.2. The molecule has 2 N–H and O–H groups in total. The SMILES string of the molecule is CCCCCCCC(O)C=CC1CCC(=O)C1CC=CCCCC(=O)O. The molecule has 1 fully saturated rings. The Balaban J connectivity index is 2.31. The van der Waals surface area contributed by atoms with Crippen LogP contribution in [0.1, 0.15) is 84.0 Å². The second kappa shape index (κ2) is 13.7. The lowest BCUT2D eigenvalue weighted by Gasteiger charge is -2.13. The molecule has 4 heteroatoms. The highest BCUT2D eigenvalue weighted by molar-refractivity contribution is 5.83. The van der Waals surface area contributed by atoms with Gasteiger partial charge in [0.2, 0.25) is 0 Å². The quantitative estimate of drug-likeness (QED) is 0.334. The van der Waals surface area contributed by atoms with Gasteiger partial charge in [-0.15, -0.1) is 0 Å². The number of carbonyl (C=O) groups is 2. The molecular weight excluding hydrogens is 328 g/mol. The Kier molecular flexibility index (Phi) is 12.0. The zero-order valence-electron chi connectivity index (χ0n) is 16.2. The highest BCUT2D eigenvalue weighted by atomic mass is 16.4. The maximum Gasteiger partial charge on any atom is 0.303 e.